The van der Waals surface area contributed by atoms with E-state index in [4.69, 9.17) is 4.74 Å². The van der Waals surface area contributed by atoms with Gasteiger partial charge in [-0.3, -0.25) is 0 Å². The van der Waals surface area contributed by atoms with Crippen LogP contribution in [-0.2, 0) is 6.54 Å². The van der Waals surface area contributed by atoms with E-state index < -0.39 is 0 Å². The zero-order chi connectivity index (χ0) is 15.4. The van der Waals surface area contributed by atoms with Gasteiger partial charge in [0.15, 0.2) is 0 Å². The molecule has 0 fully saturated rings. The molecule has 0 aliphatic heterocycles. The molecule has 4 nitrogen and oxygen atoms in total. The number of anilines is 2. The van der Waals surface area contributed by atoms with Gasteiger partial charge in [-0.05, 0) is 30.2 Å². The van der Waals surface area contributed by atoms with E-state index in [-0.39, 0.29) is 0 Å². The molecule has 0 unspecified atom stereocenters. The van der Waals surface area contributed by atoms with Crippen molar-refractivity contribution in [2.45, 2.75) is 13.5 Å². The predicted octanol–water partition coefficient (Wildman–Crippen LogP) is 3.84. The number of nitrogens with one attached hydrogen (secondary N) is 1. The summed E-state index contributed by atoms with van der Waals surface area (Å²) in [7, 11) is 5.64. The number of halogens is 1. The Bertz CT molecular complexity index is 629. The summed E-state index contributed by atoms with van der Waals surface area (Å²) in [5.74, 6) is 0.601. The number of ether oxygens (including phenoxy) is 1. The van der Waals surface area contributed by atoms with E-state index >= 15 is 0 Å². The summed E-state index contributed by atoms with van der Waals surface area (Å²) in [5.41, 5.74) is 4.37. The first-order chi connectivity index (χ1) is 10.0. The second-order valence-electron chi connectivity index (χ2n) is 5.06. The molecule has 0 radical (unpaired) electrons. The van der Waals surface area contributed by atoms with Crippen molar-refractivity contribution in [1.82, 2.24) is 4.98 Å². The van der Waals surface area contributed by atoms with E-state index in [1.807, 2.05) is 25.1 Å². The Balaban J connectivity index is 2.26. The van der Waals surface area contributed by atoms with Gasteiger partial charge in [0.1, 0.15) is 5.69 Å². The first-order valence-corrected chi connectivity index (χ1v) is 7.51. The first-order valence-electron chi connectivity index (χ1n) is 6.72. The normalized spacial score (nSPS) is 10.3. The summed E-state index contributed by atoms with van der Waals surface area (Å²) < 4.78 is 6.46. The number of hydrogen-bond acceptors (Lipinski definition) is 4. The average Bonchev–Trinajstić information content (AvgIpc) is 2.45. The molecule has 0 saturated carbocycles. The van der Waals surface area contributed by atoms with Crippen LogP contribution >= 0.6 is 15.9 Å². The number of aromatic nitrogens is 1. The van der Waals surface area contributed by atoms with E-state index in [1.54, 1.807) is 13.3 Å². The van der Waals surface area contributed by atoms with Crippen LogP contribution in [0.25, 0.3) is 0 Å². The van der Waals surface area contributed by atoms with Crippen LogP contribution in [0.3, 0.4) is 0 Å². The van der Waals surface area contributed by atoms with Crippen LogP contribution in [0.4, 0.5) is 11.4 Å². The molecule has 21 heavy (non-hydrogen) atoms. The molecular formula is C16H20BrN3O. The Morgan fingerprint density at radius 3 is 2.67 bits per heavy atom. The van der Waals surface area contributed by atoms with E-state index in [1.165, 1.54) is 11.1 Å². The smallest absolute Gasteiger partial charge is 0.239 e. The lowest BCUT2D eigenvalue weighted by Gasteiger charge is -2.20. The largest absolute Gasteiger partial charge is 0.479 e. The number of pyridine rings is 1. The molecule has 2 rings (SSSR count). The minimum atomic E-state index is 0.601. The summed E-state index contributed by atoms with van der Waals surface area (Å²) in [4.78, 5) is 6.30. The zero-order valence-electron chi connectivity index (χ0n) is 12.8. The van der Waals surface area contributed by atoms with Crippen molar-refractivity contribution in [3.63, 3.8) is 0 Å². The molecule has 0 bridgehead atoms. The van der Waals surface area contributed by atoms with Crippen LogP contribution in [-0.4, -0.2) is 26.2 Å². The summed E-state index contributed by atoms with van der Waals surface area (Å²) in [5, 5.41) is 3.43. The summed E-state index contributed by atoms with van der Waals surface area (Å²) >= 11 is 3.61. The minimum Gasteiger partial charge on any atom is -0.479 e. The zero-order valence-corrected chi connectivity index (χ0v) is 14.4. The highest BCUT2D eigenvalue weighted by atomic mass is 79.9. The highest BCUT2D eigenvalue weighted by Gasteiger charge is 2.12. The molecule has 0 spiro atoms. The van der Waals surface area contributed by atoms with Gasteiger partial charge in [0, 0.05) is 31.3 Å². The molecule has 0 atom stereocenters. The quantitative estimate of drug-likeness (QED) is 0.889. The molecule has 112 valence electrons. The van der Waals surface area contributed by atoms with Gasteiger partial charge in [0.2, 0.25) is 5.88 Å². The molecule has 2 aromatic rings. The number of benzene rings is 1. The van der Waals surface area contributed by atoms with Crippen LogP contribution in [0.2, 0.25) is 0 Å². The van der Waals surface area contributed by atoms with E-state index in [9.17, 15) is 0 Å². The molecule has 0 aliphatic rings. The molecule has 1 aromatic carbocycles. The lowest BCUT2D eigenvalue weighted by atomic mass is 10.1. The standard InChI is InChI=1S/C16H20BrN3O/c1-11-5-6-12(13(17)9-11)10-19-15-14(20(2)3)7-8-18-16(15)21-4/h5-9,19H,10H2,1-4H3. The fraction of sp³-hybridized carbons (Fsp3) is 0.312. The Hall–Kier alpha value is -1.75. The van der Waals surface area contributed by atoms with Crippen LogP contribution in [0, 0.1) is 6.92 Å². The third-order valence-electron chi connectivity index (χ3n) is 3.23. The molecule has 5 heteroatoms. The van der Waals surface area contributed by atoms with Crippen LogP contribution < -0.4 is 15.0 Å². The van der Waals surface area contributed by atoms with E-state index in [2.05, 4.69) is 51.4 Å². The summed E-state index contributed by atoms with van der Waals surface area (Å²) in [6.07, 6.45) is 1.75. The third kappa shape index (κ3) is 3.67. The van der Waals surface area contributed by atoms with Gasteiger partial charge in [-0.1, -0.05) is 28.1 Å². The third-order valence-corrected chi connectivity index (χ3v) is 3.97. The van der Waals surface area contributed by atoms with Gasteiger partial charge in [0.05, 0.1) is 12.8 Å². The fourth-order valence-electron chi connectivity index (χ4n) is 2.11. The van der Waals surface area contributed by atoms with Crippen molar-refractivity contribution >= 4 is 27.3 Å². The highest BCUT2D eigenvalue weighted by Crippen LogP contribution is 2.32. The van der Waals surface area contributed by atoms with Crippen molar-refractivity contribution < 1.29 is 4.74 Å². The van der Waals surface area contributed by atoms with Crippen molar-refractivity contribution in [1.29, 1.82) is 0 Å². The van der Waals surface area contributed by atoms with Crippen LogP contribution in [0.15, 0.2) is 34.9 Å². The van der Waals surface area contributed by atoms with Crippen LogP contribution in [0.1, 0.15) is 11.1 Å². The van der Waals surface area contributed by atoms with Gasteiger partial charge in [-0.2, -0.15) is 0 Å². The number of nitrogens with zero attached hydrogens (tertiary/aromatic N) is 2. The number of rotatable bonds is 5. The van der Waals surface area contributed by atoms with Gasteiger partial charge < -0.3 is 15.0 Å². The number of methoxy groups -OCH3 is 1. The molecule has 0 saturated heterocycles. The Morgan fingerprint density at radius 2 is 2.05 bits per heavy atom. The van der Waals surface area contributed by atoms with Crippen molar-refractivity contribution in [3.05, 3.63) is 46.1 Å². The van der Waals surface area contributed by atoms with Crippen LogP contribution in [0.5, 0.6) is 5.88 Å². The van der Waals surface area contributed by atoms with E-state index in [0.717, 1.165) is 15.8 Å². The SMILES string of the molecule is COc1nccc(N(C)C)c1NCc1ccc(C)cc1Br. The van der Waals surface area contributed by atoms with Gasteiger partial charge in [0.25, 0.3) is 0 Å². The van der Waals surface area contributed by atoms with Gasteiger partial charge in [-0.15, -0.1) is 0 Å². The predicted molar refractivity (Wildman–Crippen MR) is 91.3 cm³/mol. The summed E-state index contributed by atoms with van der Waals surface area (Å²) in [6.45, 7) is 2.78. The topological polar surface area (TPSA) is 37.4 Å². The Morgan fingerprint density at radius 1 is 1.29 bits per heavy atom. The molecule has 0 amide bonds. The lowest BCUT2D eigenvalue weighted by Crippen LogP contribution is -2.13. The maximum absolute atomic E-state index is 5.36. The minimum absolute atomic E-state index is 0.601. The average molecular weight is 350 g/mol. The first kappa shape index (κ1) is 15.6. The lowest BCUT2D eigenvalue weighted by molar-refractivity contribution is 0.400. The van der Waals surface area contributed by atoms with Crippen molar-refractivity contribution in [3.8, 4) is 5.88 Å². The molecule has 0 aliphatic carbocycles. The molecule has 1 N–H and O–H groups in total. The number of aryl methyl sites for hydroxylation is 1. The molecule has 1 aromatic heterocycles. The maximum atomic E-state index is 5.36. The van der Waals surface area contributed by atoms with E-state index in [0.29, 0.717) is 12.4 Å². The maximum Gasteiger partial charge on any atom is 0.239 e. The fourth-order valence-corrected chi connectivity index (χ4v) is 2.74. The van der Waals surface area contributed by atoms with Gasteiger partial charge in [-0.25, -0.2) is 4.98 Å². The second kappa shape index (κ2) is 6.80. The molecular weight excluding hydrogens is 330 g/mol. The Kier molecular flexibility index (Phi) is 5.07. The number of hydrogen-bond donors (Lipinski definition) is 1. The monoisotopic (exact) mass is 349 g/mol. The second-order valence-corrected chi connectivity index (χ2v) is 5.91. The van der Waals surface area contributed by atoms with Gasteiger partial charge >= 0.3 is 0 Å². The summed E-state index contributed by atoms with van der Waals surface area (Å²) in [6, 6.07) is 8.30. The molecule has 1 heterocycles. The highest BCUT2D eigenvalue weighted by molar-refractivity contribution is 9.10. The van der Waals surface area contributed by atoms with Crippen molar-refractivity contribution in [2.75, 3.05) is 31.4 Å². The Labute approximate surface area is 134 Å². The van der Waals surface area contributed by atoms with Crippen molar-refractivity contribution in [2.24, 2.45) is 0 Å².